The van der Waals surface area contributed by atoms with Crippen LogP contribution < -0.4 is 16.7 Å². The monoisotopic (exact) mass is 380 g/mol. The zero-order valence-corrected chi connectivity index (χ0v) is 15.1. The molecule has 3 rings (SSSR count). The van der Waals surface area contributed by atoms with E-state index in [1.165, 1.54) is 0 Å². The van der Waals surface area contributed by atoms with Gasteiger partial charge in [-0.2, -0.15) is 4.98 Å². The van der Waals surface area contributed by atoms with Crippen LogP contribution in [0, 0.1) is 0 Å². The van der Waals surface area contributed by atoms with Gasteiger partial charge in [-0.15, -0.1) is 0 Å². The van der Waals surface area contributed by atoms with Crippen LogP contribution in [-0.2, 0) is 0 Å². The molecule has 132 valence electrons. The molecule has 0 saturated carbocycles. The molecular formula is C16H18Cl2N6O. The largest absolute Gasteiger partial charge is 0.354 e. The minimum Gasteiger partial charge on any atom is -0.354 e. The summed E-state index contributed by atoms with van der Waals surface area (Å²) in [6, 6.07) is 4.82. The third-order valence-corrected chi connectivity index (χ3v) is 4.50. The normalized spacial score (nSPS) is 12.5. The Balaban J connectivity index is 2.05. The fraction of sp³-hybridized carbons (Fsp3) is 0.312. The molecule has 0 aliphatic heterocycles. The van der Waals surface area contributed by atoms with Gasteiger partial charge in [0.05, 0.1) is 12.2 Å². The number of imidazole rings is 1. The molecule has 1 unspecified atom stereocenters. The van der Waals surface area contributed by atoms with Crippen LogP contribution in [0.3, 0.4) is 0 Å². The summed E-state index contributed by atoms with van der Waals surface area (Å²) < 4.78 is 1.54. The number of hydrogen-bond acceptors (Lipinski definition) is 5. The molecule has 0 aliphatic rings. The first-order chi connectivity index (χ1) is 12.0. The van der Waals surface area contributed by atoms with Crippen molar-refractivity contribution in [1.82, 2.24) is 19.5 Å². The van der Waals surface area contributed by atoms with Gasteiger partial charge in [-0.25, -0.2) is 9.78 Å². The van der Waals surface area contributed by atoms with E-state index in [2.05, 4.69) is 20.3 Å². The minimum absolute atomic E-state index is 0.285. The van der Waals surface area contributed by atoms with E-state index in [9.17, 15) is 4.79 Å². The predicted molar refractivity (Wildman–Crippen MR) is 101 cm³/mol. The molecular weight excluding hydrogens is 363 g/mol. The van der Waals surface area contributed by atoms with Gasteiger partial charge in [0, 0.05) is 16.6 Å². The number of nitrogens with two attached hydrogens (primary N) is 1. The number of aromatic amines is 1. The van der Waals surface area contributed by atoms with Gasteiger partial charge in [0.1, 0.15) is 5.52 Å². The third-order valence-electron chi connectivity index (χ3n) is 3.92. The van der Waals surface area contributed by atoms with Crippen molar-refractivity contribution >= 4 is 40.3 Å². The molecule has 25 heavy (non-hydrogen) atoms. The summed E-state index contributed by atoms with van der Waals surface area (Å²) in [6.07, 6.45) is 2.38. The summed E-state index contributed by atoms with van der Waals surface area (Å²) >= 11 is 12.4. The summed E-state index contributed by atoms with van der Waals surface area (Å²) in [6.45, 7) is 3.11. The average Bonchev–Trinajstić information content (AvgIpc) is 2.92. The lowest BCUT2D eigenvalue weighted by Gasteiger charge is -2.15. The number of H-pyrrole nitrogens is 1. The Bertz CT molecular complexity index is 951. The van der Waals surface area contributed by atoms with Gasteiger partial charge in [0.25, 0.3) is 0 Å². The molecule has 0 spiro atoms. The van der Waals surface area contributed by atoms with Gasteiger partial charge in [-0.05, 0) is 43.7 Å². The van der Waals surface area contributed by atoms with Crippen LogP contribution >= 0.6 is 23.2 Å². The Morgan fingerprint density at radius 2 is 2.20 bits per heavy atom. The molecule has 0 saturated heterocycles. The number of fused-ring (bicyclic) bond motifs is 1. The molecule has 0 radical (unpaired) electrons. The molecule has 1 atom stereocenters. The zero-order valence-electron chi connectivity index (χ0n) is 13.6. The average molecular weight is 381 g/mol. The Morgan fingerprint density at radius 3 is 2.96 bits per heavy atom. The summed E-state index contributed by atoms with van der Waals surface area (Å²) in [5, 5.41) is 4.18. The van der Waals surface area contributed by atoms with Crippen LogP contribution in [0.1, 0.15) is 24.9 Å². The lowest BCUT2D eigenvalue weighted by molar-refractivity contribution is 0.630. The van der Waals surface area contributed by atoms with Gasteiger partial charge < -0.3 is 16.0 Å². The van der Waals surface area contributed by atoms with Gasteiger partial charge in [0.15, 0.2) is 5.65 Å². The van der Waals surface area contributed by atoms with Gasteiger partial charge >= 0.3 is 5.69 Å². The Kier molecular flexibility index (Phi) is 5.27. The highest BCUT2D eigenvalue weighted by Gasteiger charge is 2.19. The number of aromatic nitrogens is 4. The van der Waals surface area contributed by atoms with Crippen LogP contribution in [0.5, 0.6) is 0 Å². The number of halogens is 2. The maximum absolute atomic E-state index is 12.4. The highest BCUT2D eigenvalue weighted by atomic mass is 35.5. The minimum atomic E-state index is -0.348. The number of rotatable bonds is 6. The Hall–Kier alpha value is -2.09. The molecule has 0 bridgehead atoms. The summed E-state index contributed by atoms with van der Waals surface area (Å²) in [5.41, 5.74) is 7.00. The Labute approximate surface area is 154 Å². The van der Waals surface area contributed by atoms with Gasteiger partial charge in [0.2, 0.25) is 5.95 Å². The second-order valence-electron chi connectivity index (χ2n) is 5.64. The maximum atomic E-state index is 12.4. The number of anilines is 1. The molecule has 0 aliphatic carbocycles. The van der Waals surface area contributed by atoms with E-state index in [4.69, 9.17) is 28.9 Å². The maximum Gasteiger partial charge on any atom is 0.328 e. The van der Waals surface area contributed by atoms with Gasteiger partial charge in [-0.3, -0.25) is 4.57 Å². The number of hydrogen-bond donors (Lipinski definition) is 3. The standard InChI is InChI=1S/C16H18Cl2N6O/c1-9(11-7-10(17)3-4-12(11)18)24-14-13(22-16(24)25)8-21-15(23-14)20-6-2-5-19/h3-4,7-9H,2,5-6,19H2,1H3,(H,22,25)(H,20,21,23). The summed E-state index contributed by atoms with van der Waals surface area (Å²) in [5.74, 6) is 0.443. The van der Waals surface area contributed by atoms with E-state index in [0.29, 0.717) is 40.2 Å². The van der Waals surface area contributed by atoms with Crippen LogP contribution in [0.4, 0.5) is 5.95 Å². The second-order valence-corrected chi connectivity index (χ2v) is 6.49. The molecule has 2 aromatic heterocycles. The Morgan fingerprint density at radius 1 is 1.40 bits per heavy atom. The van der Waals surface area contributed by atoms with Crippen molar-refractivity contribution in [3.63, 3.8) is 0 Å². The van der Waals surface area contributed by atoms with E-state index in [0.717, 1.165) is 12.0 Å². The van der Waals surface area contributed by atoms with Crippen molar-refractivity contribution in [3.05, 3.63) is 50.5 Å². The molecule has 1 aromatic carbocycles. The first-order valence-electron chi connectivity index (χ1n) is 7.87. The molecule has 9 heteroatoms. The van der Waals surface area contributed by atoms with E-state index < -0.39 is 0 Å². The van der Waals surface area contributed by atoms with Gasteiger partial charge in [-0.1, -0.05) is 23.2 Å². The van der Waals surface area contributed by atoms with E-state index >= 15 is 0 Å². The van der Waals surface area contributed by atoms with Crippen LogP contribution in [0.2, 0.25) is 10.0 Å². The van der Waals surface area contributed by atoms with Crippen molar-refractivity contribution in [2.45, 2.75) is 19.4 Å². The fourth-order valence-corrected chi connectivity index (χ4v) is 3.09. The molecule has 2 heterocycles. The topological polar surface area (TPSA) is 102 Å². The van der Waals surface area contributed by atoms with Crippen molar-refractivity contribution in [1.29, 1.82) is 0 Å². The first-order valence-corrected chi connectivity index (χ1v) is 8.63. The predicted octanol–water partition coefficient (Wildman–Crippen LogP) is 2.80. The molecule has 0 amide bonds. The van der Waals surface area contributed by atoms with Crippen LogP contribution in [0.25, 0.3) is 11.2 Å². The molecule has 7 nitrogen and oxygen atoms in total. The number of nitrogens with zero attached hydrogens (tertiary/aromatic N) is 3. The second kappa shape index (κ2) is 7.43. The lowest BCUT2D eigenvalue weighted by Crippen LogP contribution is -2.22. The van der Waals surface area contributed by atoms with Crippen molar-refractivity contribution < 1.29 is 0 Å². The van der Waals surface area contributed by atoms with E-state index in [1.54, 1.807) is 29.0 Å². The number of benzene rings is 1. The van der Waals surface area contributed by atoms with Crippen molar-refractivity contribution in [2.24, 2.45) is 5.73 Å². The van der Waals surface area contributed by atoms with Crippen molar-refractivity contribution in [3.8, 4) is 0 Å². The molecule has 3 aromatic rings. The third kappa shape index (κ3) is 3.63. The van der Waals surface area contributed by atoms with Crippen molar-refractivity contribution in [2.75, 3.05) is 18.4 Å². The van der Waals surface area contributed by atoms with Crippen LogP contribution in [0.15, 0.2) is 29.2 Å². The highest BCUT2D eigenvalue weighted by molar-refractivity contribution is 6.33. The number of nitrogens with one attached hydrogen (secondary N) is 2. The first kappa shape index (κ1) is 17.7. The molecule has 4 N–H and O–H groups in total. The summed E-state index contributed by atoms with van der Waals surface area (Å²) in [7, 11) is 0. The zero-order chi connectivity index (χ0) is 18.0. The molecule has 0 fully saturated rings. The quantitative estimate of drug-likeness (QED) is 0.570. The highest BCUT2D eigenvalue weighted by Crippen LogP contribution is 2.29. The lowest BCUT2D eigenvalue weighted by atomic mass is 10.1. The summed E-state index contributed by atoms with van der Waals surface area (Å²) in [4.78, 5) is 23.9. The fourth-order valence-electron chi connectivity index (χ4n) is 2.64. The van der Waals surface area contributed by atoms with Crippen LogP contribution in [-0.4, -0.2) is 32.6 Å². The van der Waals surface area contributed by atoms with E-state index in [-0.39, 0.29) is 11.7 Å². The van der Waals surface area contributed by atoms with E-state index in [1.807, 2.05) is 6.92 Å². The SMILES string of the molecule is CC(c1cc(Cl)ccc1Cl)n1c(=O)[nH]c2cnc(NCCCN)nc21. The smallest absolute Gasteiger partial charge is 0.328 e.